The number of nitrogens with zero attached hydrogens (tertiary/aromatic N) is 1. The van der Waals surface area contributed by atoms with E-state index >= 15 is 0 Å². The van der Waals surface area contributed by atoms with Gasteiger partial charge in [0.2, 0.25) is 10.0 Å². The van der Waals surface area contributed by atoms with E-state index in [9.17, 15) is 12.8 Å². The summed E-state index contributed by atoms with van der Waals surface area (Å²) in [6.45, 7) is 4.15. The van der Waals surface area contributed by atoms with E-state index in [0.29, 0.717) is 12.4 Å². The highest BCUT2D eigenvalue weighted by Crippen LogP contribution is 2.19. The van der Waals surface area contributed by atoms with Gasteiger partial charge in [-0.05, 0) is 42.0 Å². The van der Waals surface area contributed by atoms with E-state index in [1.807, 2.05) is 6.07 Å². The van der Waals surface area contributed by atoms with Gasteiger partial charge < -0.3 is 4.74 Å². The second-order valence-electron chi connectivity index (χ2n) is 4.96. The highest BCUT2D eigenvalue weighted by Gasteiger charge is 2.20. The smallest absolute Gasteiger partial charge is 0.243 e. The second kappa shape index (κ2) is 7.39. The number of hydrogen-bond acceptors (Lipinski definition) is 3. The molecular weight excluding hydrogens is 317 g/mol. The summed E-state index contributed by atoms with van der Waals surface area (Å²) in [4.78, 5) is 0.0560. The van der Waals surface area contributed by atoms with Crippen molar-refractivity contribution >= 4 is 10.0 Å². The summed E-state index contributed by atoms with van der Waals surface area (Å²) in [5.74, 6) is 0.175. The molecule has 0 saturated carbocycles. The molecule has 0 heterocycles. The lowest BCUT2D eigenvalue weighted by Gasteiger charge is -2.17. The van der Waals surface area contributed by atoms with Crippen LogP contribution in [0.1, 0.15) is 5.56 Å². The Morgan fingerprint density at radius 3 is 2.57 bits per heavy atom. The molecule has 0 saturated heterocycles. The Labute approximate surface area is 135 Å². The van der Waals surface area contributed by atoms with Crippen molar-refractivity contribution in [1.29, 1.82) is 0 Å². The first-order valence-corrected chi connectivity index (χ1v) is 8.42. The summed E-state index contributed by atoms with van der Waals surface area (Å²) in [6.07, 6.45) is 1.64. The highest BCUT2D eigenvalue weighted by atomic mass is 32.2. The molecule has 23 heavy (non-hydrogen) atoms. The first-order chi connectivity index (χ1) is 10.9. The average molecular weight is 335 g/mol. The number of halogens is 1. The van der Waals surface area contributed by atoms with Gasteiger partial charge in [0.1, 0.15) is 18.2 Å². The Morgan fingerprint density at radius 1 is 1.22 bits per heavy atom. The van der Waals surface area contributed by atoms with Crippen LogP contribution in [0.15, 0.2) is 66.1 Å². The minimum Gasteiger partial charge on any atom is -0.490 e. The maximum Gasteiger partial charge on any atom is 0.243 e. The highest BCUT2D eigenvalue weighted by molar-refractivity contribution is 7.89. The normalized spacial score (nSPS) is 11.4. The van der Waals surface area contributed by atoms with Crippen LogP contribution >= 0.6 is 0 Å². The quantitative estimate of drug-likeness (QED) is 0.730. The van der Waals surface area contributed by atoms with Crippen molar-refractivity contribution in [3.8, 4) is 5.75 Å². The van der Waals surface area contributed by atoms with Gasteiger partial charge in [0, 0.05) is 13.6 Å². The molecule has 0 unspecified atom stereocenters. The Bertz CT molecular complexity index is 773. The van der Waals surface area contributed by atoms with Crippen LogP contribution in [0, 0.1) is 5.82 Å². The van der Waals surface area contributed by atoms with Crippen molar-refractivity contribution in [3.63, 3.8) is 0 Å². The third-order valence-corrected chi connectivity index (χ3v) is 5.01. The minimum absolute atomic E-state index is 0.0560. The van der Waals surface area contributed by atoms with Gasteiger partial charge >= 0.3 is 0 Å². The van der Waals surface area contributed by atoms with Gasteiger partial charge in [-0.3, -0.25) is 0 Å². The maximum absolute atomic E-state index is 12.9. The lowest BCUT2D eigenvalue weighted by Crippen LogP contribution is -2.26. The molecule has 2 aromatic rings. The Hall–Kier alpha value is -2.18. The van der Waals surface area contributed by atoms with Crippen LogP contribution in [0.2, 0.25) is 0 Å². The van der Waals surface area contributed by atoms with E-state index in [1.165, 1.54) is 23.5 Å². The standard InChI is InChI=1S/C17H18FNO3S/c1-3-11-22-16-6-4-5-14(12-16)13-19(2)23(20,21)17-9-7-15(18)8-10-17/h3-10,12H,1,11,13H2,2H3. The number of benzene rings is 2. The molecule has 6 heteroatoms. The van der Waals surface area contributed by atoms with Crippen molar-refractivity contribution < 1.29 is 17.5 Å². The van der Waals surface area contributed by atoms with Crippen molar-refractivity contribution in [2.75, 3.05) is 13.7 Å². The largest absolute Gasteiger partial charge is 0.490 e. The van der Waals surface area contributed by atoms with E-state index in [4.69, 9.17) is 4.74 Å². The lowest BCUT2D eigenvalue weighted by atomic mass is 10.2. The van der Waals surface area contributed by atoms with Crippen LogP contribution in [-0.4, -0.2) is 26.4 Å². The summed E-state index contributed by atoms with van der Waals surface area (Å²) in [7, 11) is -2.19. The molecule has 0 N–H and O–H groups in total. The van der Waals surface area contributed by atoms with Gasteiger partial charge in [0.25, 0.3) is 0 Å². The molecule has 0 spiro atoms. The number of ether oxygens (including phenoxy) is 1. The monoisotopic (exact) mass is 335 g/mol. The fourth-order valence-corrected chi connectivity index (χ4v) is 3.18. The molecule has 2 rings (SSSR count). The topological polar surface area (TPSA) is 46.6 Å². The zero-order valence-electron chi connectivity index (χ0n) is 12.8. The van der Waals surface area contributed by atoms with Crippen LogP contribution in [0.3, 0.4) is 0 Å². The van der Waals surface area contributed by atoms with Crippen LogP contribution in [0.5, 0.6) is 5.75 Å². The Morgan fingerprint density at radius 2 is 1.91 bits per heavy atom. The zero-order valence-corrected chi connectivity index (χ0v) is 13.6. The van der Waals surface area contributed by atoms with Gasteiger partial charge in [-0.25, -0.2) is 12.8 Å². The van der Waals surface area contributed by atoms with Crippen molar-refractivity contribution in [2.24, 2.45) is 0 Å². The summed E-state index contributed by atoms with van der Waals surface area (Å²) in [6, 6.07) is 12.0. The first kappa shape index (κ1) is 17.2. The molecular formula is C17H18FNO3S. The van der Waals surface area contributed by atoms with E-state index in [0.717, 1.165) is 17.7 Å². The zero-order chi connectivity index (χ0) is 16.9. The van der Waals surface area contributed by atoms with Crippen molar-refractivity contribution in [1.82, 2.24) is 4.31 Å². The van der Waals surface area contributed by atoms with E-state index in [2.05, 4.69) is 6.58 Å². The van der Waals surface area contributed by atoms with Gasteiger partial charge in [0.05, 0.1) is 4.90 Å². The Balaban J connectivity index is 2.16. The van der Waals surface area contributed by atoms with E-state index in [1.54, 1.807) is 24.3 Å². The maximum atomic E-state index is 12.9. The molecule has 0 atom stereocenters. The van der Waals surface area contributed by atoms with Crippen LogP contribution in [0.4, 0.5) is 4.39 Å². The van der Waals surface area contributed by atoms with Crippen LogP contribution in [-0.2, 0) is 16.6 Å². The van der Waals surface area contributed by atoms with Gasteiger partial charge in [0.15, 0.2) is 0 Å². The molecule has 0 radical (unpaired) electrons. The van der Waals surface area contributed by atoms with Crippen LogP contribution in [0.25, 0.3) is 0 Å². The molecule has 122 valence electrons. The molecule has 0 fully saturated rings. The van der Waals surface area contributed by atoms with Gasteiger partial charge in [-0.2, -0.15) is 4.31 Å². The number of hydrogen-bond donors (Lipinski definition) is 0. The first-order valence-electron chi connectivity index (χ1n) is 6.98. The summed E-state index contributed by atoms with van der Waals surface area (Å²) >= 11 is 0. The predicted molar refractivity (Wildman–Crippen MR) is 87.2 cm³/mol. The van der Waals surface area contributed by atoms with Crippen molar-refractivity contribution in [2.45, 2.75) is 11.4 Å². The van der Waals surface area contributed by atoms with Gasteiger partial charge in [-0.1, -0.05) is 24.8 Å². The number of rotatable bonds is 7. The summed E-state index contributed by atoms with van der Waals surface area (Å²) in [5.41, 5.74) is 0.791. The van der Waals surface area contributed by atoms with Crippen LogP contribution < -0.4 is 4.74 Å². The SMILES string of the molecule is C=CCOc1cccc(CN(C)S(=O)(=O)c2ccc(F)cc2)c1. The molecule has 2 aromatic carbocycles. The molecule has 0 aliphatic heterocycles. The number of sulfonamides is 1. The minimum atomic E-state index is -3.67. The lowest BCUT2D eigenvalue weighted by molar-refractivity contribution is 0.362. The molecule has 0 aromatic heterocycles. The molecule has 0 bridgehead atoms. The molecule has 4 nitrogen and oxygen atoms in total. The third kappa shape index (κ3) is 4.40. The third-order valence-electron chi connectivity index (χ3n) is 3.19. The second-order valence-corrected chi connectivity index (χ2v) is 7.01. The average Bonchev–Trinajstić information content (AvgIpc) is 2.53. The van der Waals surface area contributed by atoms with E-state index < -0.39 is 15.8 Å². The van der Waals surface area contributed by atoms with Gasteiger partial charge in [-0.15, -0.1) is 0 Å². The fraction of sp³-hybridized carbons (Fsp3) is 0.176. The predicted octanol–water partition coefficient (Wildman–Crippen LogP) is 3.21. The molecule has 0 aliphatic carbocycles. The molecule has 0 aliphatic rings. The molecule has 0 amide bonds. The van der Waals surface area contributed by atoms with E-state index in [-0.39, 0.29) is 11.4 Å². The Kier molecular flexibility index (Phi) is 5.52. The summed E-state index contributed by atoms with van der Waals surface area (Å²) < 4.78 is 44.5. The fourth-order valence-electron chi connectivity index (χ4n) is 2.02. The summed E-state index contributed by atoms with van der Waals surface area (Å²) in [5, 5.41) is 0. The van der Waals surface area contributed by atoms with Crippen molar-refractivity contribution in [3.05, 3.63) is 72.6 Å².